The second-order valence-corrected chi connectivity index (χ2v) is 4.47. The van der Waals surface area contributed by atoms with E-state index in [0.717, 1.165) is 19.3 Å². The van der Waals surface area contributed by atoms with Gasteiger partial charge in [0, 0.05) is 0 Å². The molecule has 0 bridgehead atoms. The third-order valence-electron chi connectivity index (χ3n) is 2.78. The summed E-state index contributed by atoms with van der Waals surface area (Å²) in [6.45, 7) is 1.76. The molecule has 5 atom stereocenters. The molecule has 1 saturated heterocycles. The van der Waals surface area contributed by atoms with E-state index in [0.29, 0.717) is 0 Å². The zero-order valence-electron chi connectivity index (χ0n) is 8.84. The lowest BCUT2D eigenvalue weighted by atomic mass is 9.95. The van der Waals surface area contributed by atoms with Gasteiger partial charge in [0.05, 0.1) is 18.1 Å². The minimum absolute atomic E-state index is 0.290. The van der Waals surface area contributed by atoms with E-state index < -0.39 is 23.7 Å². The van der Waals surface area contributed by atoms with Crippen LogP contribution in [-0.4, -0.2) is 51.7 Å². The van der Waals surface area contributed by atoms with Crippen LogP contribution >= 0.6 is 11.6 Å². The summed E-state index contributed by atoms with van der Waals surface area (Å²) in [5.41, 5.74) is 0. The molecule has 90 valence electrons. The molecule has 5 heteroatoms. The number of alkyl halides is 1. The topological polar surface area (TPSA) is 69.9 Å². The van der Waals surface area contributed by atoms with Crippen LogP contribution in [0, 0.1) is 0 Å². The molecule has 0 radical (unpaired) electrons. The first kappa shape index (κ1) is 13.2. The van der Waals surface area contributed by atoms with Crippen LogP contribution in [0.25, 0.3) is 0 Å². The smallest absolute Gasteiger partial charge is 0.110 e. The number of rotatable bonds is 4. The Morgan fingerprint density at radius 3 is 2.40 bits per heavy atom. The van der Waals surface area contributed by atoms with Crippen LogP contribution in [0.1, 0.15) is 26.2 Å². The van der Waals surface area contributed by atoms with Gasteiger partial charge in [-0.2, -0.15) is 0 Å². The molecule has 3 N–H and O–H groups in total. The largest absolute Gasteiger partial charge is 0.394 e. The zero-order chi connectivity index (χ0) is 11.4. The third-order valence-corrected chi connectivity index (χ3v) is 3.32. The van der Waals surface area contributed by atoms with Crippen LogP contribution in [0.3, 0.4) is 0 Å². The van der Waals surface area contributed by atoms with Crippen molar-refractivity contribution in [1.29, 1.82) is 0 Å². The fourth-order valence-corrected chi connectivity index (χ4v) is 2.13. The van der Waals surface area contributed by atoms with Gasteiger partial charge in [-0.15, -0.1) is 11.6 Å². The molecule has 15 heavy (non-hydrogen) atoms. The molecule has 0 aromatic rings. The number of halogens is 1. The summed E-state index contributed by atoms with van der Waals surface area (Å²) in [6, 6.07) is 0. The standard InChI is InChI=1S/C10H19ClO4/c1-2-3-4-6-8(11)10(14)9(13)7(5-12)15-6/h6-10,12-14H,2-5H2,1H3. The molecule has 4 nitrogen and oxygen atoms in total. The predicted molar refractivity (Wildman–Crippen MR) is 56.9 cm³/mol. The summed E-state index contributed by atoms with van der Waals surface area (Å²) < 4.78 is 5.44. The van der Waals surface area contributed by atoms with E-state index >= 15 is 0 Å². The molecule has 0 aromatic heterocycles. The van der Waals surface area contributed by atoms with E-state index in [1.165, 1.54) is 0 Å². The second-order valence-electron chi connectivity index (χ2n) is 3.96. The summed E-state index contributed by atoms with van der Waals surface area (Å²) in [7, 11) is 0. The average molecular weight is 239 g/mol. The van der Waals surface area contributed by atoms with Crippen molar-refractivity contribution in [2.24, 2.45) is 0 Å². The SMILES string of the molecule is CCCCC1OC(CO)C(O)C(O)C1Cl. The second kappa shape index (κ2) is 6.01. The van der Waals surface area contributed by atoms with E-state index in [1.54, 1.807) is 0 Å². The first-order valence-electron chi connectivity index (χ1n) is 5.38. The molecule has 1 aliphatic heterocycles. The van der Waals surface area contributed by atoms with Crippen LogP contribution in [0.5, 0.6) is 0 Å². The number of unbranched alkanes of at least 4 members (excludes halogenated alkanes) is 1. The Labute approximate surface area is 94.8 Å². The molecule has 1 fully saturated rings. The van der Waals surface area contributed by atoms with Crippen LogP contribution in [0.2, 0.25) is 0 Å². The van der Waals surface area contributed by atoms with Crippen molar-refractivity contribution in [3.05, 3.63) is 0 Å². The van der Waals surface area contributed by atoms with Crippen LogP contribution in [0.4, 0.5) is 0 Å². The predicted octanol–water partition coefficient (Wildman–Crippen LogP) is 0.265. The Hall–Kier alpha value is 0.130. The van der Waals surface area contributed by atoms with Gasteiger partial charge in [0.25, 0.3) is 0 Å². The average Bonchev–Trinajstić information content (AvgIpc) is 2.25. The summed E-state index contributed by atoms with van der Waals surface area (Å²) in [5, 5.41) is 27.5. The number of hydrogen-bond acceptors (Lipinski definition) is 4. The van der Waals surface area contributed by atoms with Gasteiger partial charge in [-0.1, -0.05) is 19.8 Å². The fourth-order valence-electron chi connectivity index (χ4n) is 1.79. The van der Waals surface area contributed by atoms with Gasteiger partial charge in [-0.3, -0.25) is 0 Å². The number of hydrogen-bond donors (Lipinski definition) is 3. The lowest BCUT2D eigenvalue weighted by molar-refractivity contribution is -0.178. The van der Waals surface area contributed by atoms with Gasteiger partial charge in [-0.25, -0.2) is 0 Å². The summed E-state index contributed by atoms with van der Waals surface area (Å²) in [4.78, 5) is 0. The molecule has 0 amide bonds. The van der Waals surface area contributed by atoms with Crippen molar-refractivity contribution in [2.75, 3.05) is 6.61 Å². The Kier molecular flexibility index (Phi) is 5.29. The lowest BCUT2D eigenvalue weighted by Gasteiger charge is -2.39. The lowest BCUT2D eigenvalue weighted by Crippen LogP contribution is -2.56. The van der Waals surface area contributed by atoms with E-state index in [9.17, 15) is 10.2 Å². The maximum atomic E-state index is 9.64. The molecule has 0 saturated carbocycles. The van der Waals surface area contributed by atoms with Crippen LogP contribution in [0.15, 0.2) is 0 Å². The zero-order valence-corrected chi connectivity index (χ0v) is 9.60. The quantitative estimate of drug-likeness (QED) is 0.615. The van der Waals surface area contributed by atoms with Gasteiger partial charge in [0.2, 0.25) is 0 Å². The Balaban J connectivity index is 2.57. The van der Waals surface area contributed by atoms with Crippen molar-refractivity contribution in [3.63, 3.8) is 0 Å². The Bertz CT molecular complexity index is 188. The number of aliphatic hydroxyl groups is 3. The van der Waals surface area contributed by atoms with Gasteiger partial charge >= 0.3 is 0 Å². The fraction of sp³-hybridized carbons (Fsp3) is 1.00. The highest BCUT2D eigenvalue weighted by molar-refractivity contribution is 6.21. The van der Waals surface area contributed by atoms with Gasteiger partial charge in [0.15, 0.2) is 0 Å². The van der Waals surface area contributed by atoms with Crippen molar-refractivity contribution in [1.82, 2.24) is 0 Å². The summed E-state index contributed by atoms with van der Waals surface area (Å²) in [5.74, 6) is 0. The van der Waals surface area contributed by atoms with Crippen molar-refractivity contribution < 1.29 is 20.1 Å². The van der Waals surface area contributed by atoms with Crippen molar-refractivity contribution >= 4 is 11.6 Å². The van der Waals surface area contributed by atoms with E-state index in [-0.39, 0.29) is 12.7 Å². The van der Waals surface area contributed by atoms with E-state index in [1.807, 2.05) is 0 Å². The van der Waals surface area contributed by atoms with E-state index in [4.69, 9.17) is 21.4 Å². The van der Waals surface area contributed by atoms with Crippen LogP contribution in [-0.2, 0) is 4.74 Å². The maximum Gasteiger partial charge on any atom is 0.110 e. The summed E-state index contributed by atoms with van der Waals surface area (Å²) >= 11 is 5.97. The molecule has 0 aliphatic carbocycles. The van der Waals surface area contributed by atoms with Gasteiger partial charge in [0.1, 0.15) is 18.3 Å². The molecule has 1 heterocycles. The highest BCUT2D eigenvalue weighted by atomic mass is 35.5. The molecule has 1 aliphatic rings. The number of aliphatic hydroxyl groups excluding tert-OH is 3. The normalized spacial score (nSPS) is 41.8. The minimum atomic E-state index is -1.10. The van der Waals surface area contributed by atoms with Gasteiger partial charge < -0.3 is 20.1 Å². The third kappa shape index (κ3) is 3.04. The molecular formula is C10H19ClO4. The maximum absolute atomic E-state index is 9.64. The van der Waals surface area contributed by atoms with E-state index in [2.05, 4.69) is 6.92 Å². The Morgan fingerprint density at radius 1 is 1.20 bits per heavy atom. The minimum Gasteiger partial charge on any atom is -0.394 e. The first-order chi connectivity index (χ1) is 7.11. The molecule has 0 spiro atoms. The highest BCUT2D eigenvalue weighted by Crippen LogP contribution is 2.27. The monoisotopic (exact) mass is 238 g/mol. The molecule has 0 aromatic carbocycles. The molecular weight excluding hydrogens is 220 g/mol. The van der Waals surface area contributed by atoms with Crippen molar-refractivity contribution in [3.8, 4) is 0 Å². The summed E-state index contributed by atoms with van der Waals surface area (Å²) in [6.07, 6.45) is -0.431. The number of ether oxygens (including phenoxy) is 1. The first-order valence-corrected chi connectivity index (χ1v) is 5.82. The molecule has 5 unspecified atom stereocenters. The Morgan fingerprint density at radius 2 is 1.87 bits per heavy atom. The molecule has 1 rings (SSSR count). The van der Waals surface area contributed by atoms with Gasteiger partial charge in [-0.05, 0) is 6.42 Å². The highest BCUT2D eigenvalue weighted by Gasteiger charge is 2.42. The van der Waals surface area contributed by atoms with Crippen LogP contribution < -0.4 is 0 Å². The van der Waals surface area contributed by atoms with Crippen molar-refractivity contribution in [2.45, 2.75) is 56.0 Å².